The van der Waals surface area contributed by atoms with Gasteiger partial charge in [-0.25, -0.2) is 9.36 Å². The van der Waals surface area contributed by atoms with Crippen LogP contribution >= 0.6 is 0 Å². The number of pyridine rings is 1. The van der Waals surface area contributed by atoms with Gasteiger partial charge < -0.3 is 9.47 Å². The third-order valence-electron chi connectivity index (χ3n) is 2.31. The minimum Gasteiger partial charge on any atom is -0.481 e. The minimum atomic E-state index is -0.535. The van der Waals surface area contributed by atoms with E-state index < -0.39 is 11.7 Å². The highest BCUT2D eigenvalue weighted by molar-refractivity contribution is 5.87. The smallest absolute Gasteiger partial charge is 0.420 e. The van der Waals surface area contributed by atoms with Crippen molar-refractivity contribution in [2.45, 2.75) is 26.4 Å². The second-order valence-corrected chi connectivity index (χ2v) is 4.93. The zero-order valence-corrected chi connectivity index (χ0v) is 10.9. The zero-order valence-electron chi connectivity index (χ0n) is 10.9. The number of rotatable bonds is 1. The average Bonchev–Trinajstić information content (AvgIpc) is 2.69. The van der Waals surface area contributed by atoms with Crippen molar-refractivity contribution in [1.82, 2.24) is 9.55 Å². The van der Waals surface area contributed by atoms with E-state index in [0.29, 0.717) is 11.5 Å². The molecule has 0 fully saturated rings. The van der Waals surface area contributed by atoms with Crippen LogP contribution in [0.15, 0.2) is 24.4 Å². The lowest BCUT2D eigenvalue weighted by atomic mass is 10.2. The van der Waals surface area contributed by atoms with Gasteiger partial charge in [-0.2, -0.15) is 4.98 Å². The predicted molar refractivity (Wildman–Crippen MR) is 67.9 cm³/mol. The molecule has 0 saturated heterocycles. The Labute approximate surface area is 105 Å². The maximum absolute atomic E-state index is 12.0. The van der Waals surface area contributed by atoms with E-state index in [-0.39, 0.29) is 0 Å². The molecule has 5 heteroatoms. The maximum atomic E-state index is 12.0. The molecule has 5 nitrogen and oxygen atoms in total. The lowest BCUT2D eigenvalue weighted by molar-refractivity contribution is 0.0543. The van der Waals surface area contributed by atoms with Crippen LogP contribution in [-0.4, -0.2) is 28.4 Å². The van der Waals surface area contributed by atoms with Gasteiger partial charge in [-0.1, -0.05) is 0 Å². The molecule has 0 aliphatic heterocycles. The van der Waals surface area contributed by atoms with Gasteiger partial charge in [-0.15, -0.1) is 0 Å². The molecule has 96 valence electrons. The van der Waals surface area contributed by atoms with Crippen LogP contribution in [0.3, 0.4) is 0 Å². The molecule has 18 heavy (non-hydrogen) atoms. The SMILES string of the molecule is COc1ccc2ccn(C(=O)OC(C)(C)C)c2n1. The molecule has 0 amide bonds. The number of nitrogens with zero attached hydrogens (tertiary/aromatic N) is 2. The molecule has 0 unspecified atom stereocenters. The van der Waals surface area contributed by atoms with Crippen LogP contribution in [0.1, 0.15) is 20.8 Å². The van der Waals surface area contributed by atoms with Gasteiger partial charge in [0.2, 0.25) is 5.88 Å². The van der Waals surface area contributed by atoms with E-state index in [1.807, 2.05) is 32.9 Å². The molecule has 0 aromatic carbocycles. The van der Waals surface area contributed by atoms with Gasteiger partial charge in [0.15, 0.2) is 5.65 Å². The Balaban J connectivity index is 2.42. The molecule has 0 bridgehead atoms. The number of hydrogen-bond donors (Lipinski definition) is 0. The fourth-order valence-electron chi connectivity index (χ4n) is 1.56. The summed E-state index contributed by atoms with van der Waals surface area (Å²) in [6, 6.07) is 5.41. The van der Waals surface area contributed by atoms with Crippen LogP contribution in [0.2, 0.25) is 0 Å². The average molecular weight is 248 g/mol. The highest BCUT2D eigenvalue weighted by Crippen LogP contribution is 2.19. The first-order valence-electron chi connectivity index (χ1n) is 5.66. The lowest BCUT2D eigenvalue weighted by Crippen LogP contribution is -2.26. The molecule has 2 aromatic rings. The molecule has 0 N–H and O–H groups in total. The molecule has 2 heterocycles. The third kappa shape index (κ3) is 2.45. The zero-order chi connectivity index (χ0) is 13.3. The van der Waals surface area contributed by atoms with Gasteiger partial charge in [0.05, 0.1) is 7.11 Å². The maximum Gasteiger partial charge on any atom is 0.420 e. The van der Waals surface area contributed by atoms with E-state index in [4.69, 9.17) is 9.47 Å². The standard InChI is InChI=1S/C13H16N2O3/c1-13(2,3)18-12(16)15-8-7-9-5-6-10(17-4)14-11(9)15/h5-8H,1-4H3. The molecule has 0 aliphatic rings. The van der Waals surface area contributed by atoms with E-state index in [2.05, 4.69) is 4.98 Å². The summed E-state index contributed by atoms with van der Waals surface area (Å²) in [4.78, 5) is 16.2. The van der Waals surface area contributed by atoms with Gasteiger partial charge in [0.1, 0.15) is 5.60 Å². The molecule has 2 rings (SSSR count). The van der Waals surface area contributed by atoms with Crippen LogP contribution < -0.4 is 4.74 Å². The summed E-state index contributed by atoms with van der Waals surface area (Å²) in [5.41, 5.74) is -0.00406. The number of fused-ring (bicyclic) bond motifs is 1. The Bertz CT molecular complexity index is 581. The topological polar surface area (TPSA) is 53.4 Å². The van der Waals surface area contributed by atoms with Gasteiger partial charge in [0.25, 0.3) is 0 Å². The Hall–Kier alpha value is -2.04. The highest BCUT2D eigenvalue weighted by Gasteiger charge is 2.19. The number of hydrogen-bond acceptors (Lipinski definition) is 4. The van der Waals surface area contributed by atoms with Crippen molar-refractivity contribution in [3.8, 4) is 5.88 Å². The molecule has 2 aromatic heterocycles. The van der Waals surface area contributed by atoms with Gasteiger partial charge in [-0.05, 0) is 32.9 Å². The largest absolute Gasteiger partial charge is 0.481 e. The Morgan fingerprint density at radius 3 is 2.61 bits per heavy atom. The third-order valence-corrected chi connectivity index (χ3v) is 2.31. The van der Waals surface area contributed by atoms with Crippen molar-refractivity contribution in [3.63, 3.8) is 0 Å². The first-order chi connectivity index (χ1) is 8.40. The van der Waals surface area contributed by atoms with Crippen LogP contribution in [0.25, 0.3) is 11.0 Å². The quantitative estimate of drug-likeness (QED) is 0.778. The summed E-state index contributed by atoms with van der Waals surface area (Å²) in [5.74, 6) is 0.464. The van der Waals surface area contributed by atoms with E-state index >= 15 is 0 Å². The predicted octanol–water partition coefficient (Wildman–Crippen LogP) is 2.83. The van der Waals surface area contributed by atoms with Crippen LogP contribution in [0.4, 0.5) is 4.79 Å². The van der Waals surface area contributed by atoms with E-state index in [0.717, 1.165) is 5.39 Å². The van der Waals surface area contributed by atoms with Crippen molar-refractivity contribution >= 4 is 17.1 Å². The van der Waals surface area contributed by atoms with Crippen molar-refractivity contribution in [3.05, 3.63) is 24.4 Å². The molecular weight excluding hydrogens is 232 g/mol. The van der Waals surface area contributed by atoms with Crippen LogP contribution in [0, 0.1) is 0 Å². The fourth-order valence-corrected chi connectivity index (χ4v) is 1.56. The minimum absolute atomic E-state index is 0.446. The Morgan fingerprint density at radius 1 is 1.28 bits per heavy atom. The van der Waals surface area contributed by atoms with Gasteiger partial charge >= 0.3 is 6.09 Å². The molecule has 0 radical (unpaired) electrons. The van der Waals surface area contributed by atoms with Crippen molar-refractivity contribution in [2.24, 2.45) is 0 Å². The second kappa shape index (κ2) is 4.33. The highest BCUT2D eigenvalue weighted by atomic mass is 16.6. The number of carbonyl (C=O) groups is 1. The number of methoxy groups -OCH3 is 1. The Kier molecular flexibility index (Phi) is 2.98. The number of carbonyl (C=O) groups excluding carboxylic acids is 1. The summed E-state index contributed by atoms with van der Waals surface area (Å²) in [6.07, 6.45) is 1.20. The van der Waals surface area contributed by atoms with Crippen molar-refractivity contribution < 1.29 is 14.3 Å². The summed E-state index contributed by atoms with van der Waals surface area (Å²) in [5, 5.41) is 0.863. The monoisotopic (exact) mass is 248 g/mol. The molecule has 0 spiro atoms. The van der Waals surface area contributed by atoms with Crippen molar-refractivity contribution in [2.75, 3.05) is 7.11 Å². The van der Waals surface area contributed by atoms with Crippen LogP contribution in [-0.2, 0) is 4.74 Å². The Morgan fingerprint density at radius 2 is 2.00 bits per heavy atom. The first-order valence-corrected chi connectivity index (χ1v) is 5.66. The summed E-state index contributed by atoms with van der Waals surface area (Å²) >= 11 is 0. The van der Waals surface area contributed by atoms with E-state index in [1.165, 1.54) is 11.7 Å². The van der Waals surface area contributed by atoms with Crippen LogP contribution in [0.5, 0.6) is 5.88 Å². The number of ether oxygens (including phenoxy) is 2. The van der Waals surface area contributed by atoms with Gasteiger partial charge in [-0.3, -0.25) is 0 Å². The first kappa shape index (κ1) is 12.4. The molecule has 0 saturated carbocycles. The van der Waals surface area contributed by atoms with Crippen molar-refractivity contribution in [1.29, 1.82) is 0 Å². The summed E-state index contributed by atoms with van der Waals surface area (Å²) < 4.78 is 11.7. The van der Waals surface area contributed by atoms with E-state index in [1.54, 1.807) is 12.3 Å². The number of aromatic nitrogens is 2. The molecule has 0 aliphatic carbocycles. The summed E-state index contributed by atoms with van der Waals surface area (Å²) in [7, 11) is 1.54. The lowest BCUT2D eigenvalue weighted by Gasteiger charge is -2.19. The van der Waals surface area contributed by atoms with E-state index in [9.17, 15) is 4.79 Å². The second-order valence-electron chi connectivity index (χ2n) is 4.93. The molecule has 0 atom stereocenters. The normalized spacial score (nSPS) is 11.6. The fraction of sp³-hybridized carbons (Fsp3) is 0.385. The molecular formula is C13H16N2O3. The summed E-state index contributed by atoms with van der Waals surface area (Å²) in [6.45, 7) is 5.47. The van der Waals surface area contributed by atoms with Gasteiger partial charge in [0, 0.05) is 17.6 Å².